The normalized spacial score (nSPS) is 16.8. The Morgan fingerprint density at radius 2 is 1.48 bits per heavy atom. The second kappa shape index (κ2) is 11.8. The van der Waals surface area contributed by atoms with Gasteiger partial charge in [0.15, 0.2) is 10.6 Å². The number of nitrogens with zero attached hydrogens (tertiary/aromatic N) is 2. The summed E-state index contributed by atoms with van der Waals surface area (Å²) in [6, 6.07) is 37.3. The molecule has 1 aromatic heterocycles. The first-order valence-electron chi connectivity index (χ1n) is 15.4. The summed E-state index contributed by atoms with van der Waals surface area (Å²) in [6.07, 6.45) is 2.42. The van der Waals surface area contributed by atoms with Crippen LogP contribution in [-0.2, 0) is 32.4 Å². The molecular weight excluding hydrogens is 596 g/mol. The Balaban J connectivity index is 1.27. The monoisotopic (exact) mass is 630 g/mol. The van der Waals surface area contributed by atoms with Crippen LogP contribution in [0.25, 0.3) is 10.9 Å². The van der Waals surface area contributed by atoms with Crippen LogP contribution in [0.2, 0.25) is 0 Å². The number of carbonyl (C=O) groups excluding carboxylic acids is 1. The van der Waals surface area contributed by atoms with Gasteiger partial charge in [-0.1, -0.05) is 91.0 Å². The van der Waals surface area contributed by atoms with Gasteiger partial charge >= 0.3 is 5.97 Å². The van der Waals surface area contributed by atoms with Gasteiger partial charge in [0.1, 0.15) is 5.76 Å². The SMILES string of the molecule is CN(c1cccc(C(C2=C(O)C(Cc3ccccc3)(Cc3ccccc3)OC2=O)C2CC2)c1)S(=O)(=O)c1ccc2ccccc2n1. The fourth-order valence-corrected chi connectivity index (χ4v) is 7.66. The fraction of sp³-hybridized carbons (Fsp3) is 0.211. The Morgan fingerprint density at radius 1 is 0.848 bits per heavy atom. The van der Waals surface area contributed by atoms with Crippen LogP contribution in [0.4, 0.5) is 5.69 Å². The first-order valence-corrected chi connectivity index (χ1v) is 16.9. The fourth-order valence-electron chi connectivity index (χ4n) is 6.54. The number of cyclic esters (lactones) is 1. The molecule has 4 aromatic carbocycles. The number of para-hydroxylation sites is 1. The van der Waals surface area contributed by atoms with E-state index < -0.39 is 27.5 Å². The number of aliphatic hydroxyl groups is 1. The maximum Gasteiger partial charge on any atom is 0.339 e. The first-order chi connectivity index (χ1) is 22.2. The van der Waals surface area contributed by atoms with Crippen molar-refractivity contribution < 1.29 is 23.1 Å². The molecule has 0 bridgehead atoms. The molecule has 5 aromatic rings. The zero-order valence-corrected chi connectivity index (χ0v) is 26.2. The highest BCUT2D eigenvalue weighted by atomic mass is 32.2. The molecule has 0 spiro atoms. The van der Waals surface area contributed by atoms with Crippen molar-refractivity contribution in [3.63, 3.8) is 0 Å². The van der Waals surface area contributed by atoms with Crippen LogP contribution in [0.5, 0.6) is 0 Å². The van der Waals surface area contributed by atoms with Crippen LogP contribution >= 0.6 is 0 Å². The van der Waals surface area contributed by atoms with Crippen molar-refractivity contribution in [3.8, 4) is 0 Å². The van der Waals surface area contributed by atoms with Gasteiger partial charge in [0.05, 0.1) is 16.8 Å². The summed E-state index contributed by atoms with van der Waals surface area (Å²) in [5.74, 6) is -0.911. The van der Waals surface area contributed by atoms with E-state index >= 15 is 0 Å². The molecular formula is C38H34N2O5S. The maximum absolute atomic E-state index is 13.8. The molecule has 0 amide bonds. The molecule has 2 heterocycles. The predicted molar refractivity (Wildman–Crippen MR) is 178 cm³/mol. The summed E-state index contributed by atoms with van der Waals surface area (Å²) in [7, 11) is -2.49. The number of esters is 1. The van der Waals surface area contributed by atoms with Crippen molar-refractivity contribution >= 4 is 32.6 Å². The molecule has 7 rings (SSSR count). The topological polar surface area (TPSA) is 96.8 Å². The second-order valence-electron chi connectivity index (χ2n) is 12.2. The van der Waals surface area contributed by atoms with Gasteiger partial charge in [-0.05, 0) is 65.8 Å². The standard InChI is InChI=1S/C38H34N2O5S/c1-40(46(43,44)33-22-21-28-15-8-9-18-32(28)39-33)31-17-10-16-30(23-31)34(29-19-20-29)35-36(41)38(45-37(35)42,24-26-11-4-2-5-12-26)25-27-13-6-3-7-14-27/h2-18,21-23,29,34,41H,19-20,24-25H2,1H3. The molecule has 46 heavy (non-hydrogen) atoms. The lowest BCUT2D eigenvalue weighted by molar-refractivity contribution is -0.148. The summed E-state index contributed by atoms with van der Waals surface area (Å²) in [5.41, 5.74) is 2.66. The van der Waals surface area contributed by atoms with Crippen molar-refractivity contribution in [2.24, 2.45) is 5.92 Å². The molecule has 8 heteroatoms. The van der Waals surface area contributed by atoms with Gasteiger partial charge in [0.2, 0.25) is 0 Å². The Bertz CT molecular complexity index is 2020. The number of aliphatic hydroxyl groups excluding tert-OH is 1. The number of aromatic nitrogens is 1. The van der Waals surface area contributed by atoms with Crippen LogP contribution in [0.15, 0.2) is 138 Å². The third kappa shape index (κ3) is 5.54. The van der Waals surface area contributed by atoms with Crippen molar-refractivity contribution in [3.05, 3.63) is 149 Å². The number of rotatable bonds is 10. The summed E-state index contributed by atoms with van der Waals surface area (Å²) in [5, 5.41) is 12.9. The third-order valence-electron chi connectivity index (χ3n) is 9.05. The molecule has 7 nitrogen and oxygen atoms in total. The van der Waals surface area contributed by atoms with E-state index in [-0.39, 0.29) is 22.3 Å². The summed E-state index contributed by atoms with van der Waals surface area (Å²) < 4.78 is 34.9. The van der Waals surface area contributed by atoms with E-state index in [0.717, 1.165) is 34.9 Å². The lowest BCUT2D eigenvalue weighted by atomic mass is 9.81. The maximum atomic E-state index is 13.8. The number of ether oxygens (including phenoxy) is 1. The highest BCUT2D eigenvalue weighted by Gasteiger charge is 2.53. The van der Waals surface area contributed by atoms with Gasteiger partial charge in [-0.3, -0.25) is 4.31 Å². The summed E-state index contributed by atoms with van der Waals surface area (Å²) >= 11 is 0. The van der Waals surface area contributed by atoms with Gasteiger partial charge in [-0.15, -0.1) is 0 Å². The molecule has 1 atom stereocenters. The van der Waals surface area contributed by atoms with E-state index in [2.05, 4.69) is 4.98 Å². The number of hydrogen-bond donors (Lipinski definition) is 1. The van der Waals surface area contributed by atoms with Gasteiger partial charge in [-0.2, -0.15) is 8.42 Å². The number of hydrogen-bond acceptors (Lipinski definition) is 6. The Labute approximate surface area is 268 Å². The van der Waals surface area contributed by atoms with Gasteiger partial charge < -0.3 is 9.84 Å². The number of fused-ring (bicyclic) bond motifs is 1. The lowest BCUT2D eigenvalue weighted by Crippen LogP contribution is -2.37. The van der Waals surface area contributed by atoms with Crippen LogP contribution in [0.1, 0.15) is 35.4 Å². The average Bonchev–Trinajstić information content (AvgIpc) is 3.89. The van der Waals surface area contributed by atoms with Crippen molar-refractivity contribution in [2.45, 2.75) is 42.2 Å². The highest BCUT2D eigenvalue weighted by Crippen LogP contribution is 2.52. The van der Waals surface area contributed by atoms with E-state index in [9.17, 15) is 18.3 Å². The molecule has 0 saturated heterocycles. The Hall–Kier alpha value is -4.95. The van der Waals surface area contributed by atoms with Crippen molar-refractivity contribution in [1.82, 2.24) is 4.98 Å². The number of pyridine rings is 1. The van der Waals surface area contributed by atoms with Crippen LogP contribution < -0.4 is 4.31 Å². The Kier molecular flexibility index (Phi) is 7.61. The number of sulfonamides is 1. The molecule has 1 unspecified atom stereocenters. The van der Waals surface area contributed by atoms with E-state index in [1.165, 1.54) is 17.4 Å². The quantitative estimate of drug-likeness (QED) is 0.165. The van der Waals surface area contributed by atoms with Crippen LogP contribution in [-0.4, -0.2) is 37.1 Å². The molecule has 0 radical (unpaired) electrons. The second-order valence-corrected chi connectivity index (χ2v) is 14.1. The van der Waals surface area contributed by atoms with Gasteiger partial charge in [0, 0.05) is 31.2 Å². The summed E-state index contributed by atoms with van der Waals surface area (Å²) in [6.45, 7) is 0. The molecule has 1 saturated carbocycles. The molecule has 2 aliphatic rings. The van der Waals surface area contributed by atoms with Crippen molar-refractivity contribution in [1.29, 1.82) is 0 Å². The number of carbonyl (C=O) groups is 1. The van der Waals surface area contributed by atoms with Gasteiger partial charge in [0.25, 0.3) is 10.0 Å². The molecule has 1 N–H and O–H groups in total. The molecule has 1 fully saturated rings. The Morgan fingerprint density at radius 3 is 2.13 bits per heavy atom. The predicted octanol–water partition coefficient (Wildman–Crippen LogP) is 7.15. The average molecular weight is 631 g/mol. The largest absolute Gasteiger partial charge is 0.507 e. The summed E-state index contributed by atoms with van der Waals surface area (Å²) in [4.78, 5) is 18.3. The number of benzene rings is 4. The van der Waals surface area contributed by atoms with Crippen LogP contribution in [0, 0.1) is 5.92 Å². The zero-order chi connectivity index (χ0) is 31.9. The van der Waals surface area contributed by atoms with E-state index in [0.29, 0.717) is 24.0 Å². The lowest BCUT2D eigenvalue weighted by Gasteiger charge is -2.29. The molecule has 1 aliphatic heterocycles. The minimum absolute atomic E-state index is 0.0474. The smallest absolute Gasteiger partial charge is 0.339 e. The van der Waals surface area contributed by atoms with Gasteiger partial charge in [-0.25, -0.2) is 9.78 Å². The van der Waals surface area contributed by atoms with E-state index in [1.807, 2.05) is 84.9 Å². The van der Waals surface area contributed by atoms with E-state index in [4.69, 9.17) is 4.74 Å². The minimum atomic E-state index is -3.99. The van der Waals surface area contributed by atoms with Crippen molar-refractivity contribution in [2.75, 3.05) is 11.4 Å². The molecule has 1 aliphatic carbocycles. The zero-order valence-electron chi connectivity index (χ0n) is 25.4. The highest BCUT2D eigenvalue weighted by molar-refractivity contribution is 7.92. The van der Waals surface area contributed by atoms with E-state index in [1.54, 1.807) is 30.3 Å². The minimum Gasteiger partial charge on any atom is -0.507 e. The van der Waals surface area contributed by atoms with Crippen LogP contribution in [0.3, 0.4) is 0 Å². The first kappa shape index (κ1) is 29.7. The molecule has 232 valence electrons. The number of anilines is 1. The third-order valence-corrected chi connectivity index (χ3v) is 10.7.